The summed E-state index contributed by atoms with van der Waals surface area (Å²) in [5.41, 5.74) is 0.996. The highest BCUT2D eigenvalue weighted by Crippen LogP contribution is 2.08. The number of piperidine rings is 1. The van der Waals surface area contributed by atoms with E-state index in [9.17, 15) is 0 Å². The Bertz CT molecular complexity index is 532. The van der Waals surface area contributed by atoms with E-state index in [0.717, 1.165) is 24.6 Å². The van der Waals surface area contributed by atoms with E-state index in [0.29, 0.717) is 6.54 Å². The van der Waals surface area contributed by atoms with Crippen LogP contribution in [0.3, 0.4) is 0 Å². The van der Waals surface area contributed by atoms with Crippen molar-refractivity contribution >= 4 is 0 Å². The first-order valence-electron chi connectivity index (χ1n) is 7.69. The summed E-state index contributed by atoms with van der Waals surface area (Å²) in [6.45, 7) is 5.25. The fourth-order valence-electron chi connectivity index (χ4n) is 2.71. The molecule has 0 atom stereocenters. The van der Waals surface area contributed by atoms with Gasteiger partial charge < -0.3 is 10.2 Å². The maximum atomic E-state index is 4.10. The van der Waals surface area contributed by atoms with E-state index in [1.807, 2.05) is 30.3 Å². The number of nitrogens with one attached hydrogen (secondary N) is 1. The molecule has 0 aliphatic carbocycles. The first-order valence-corrected chi connectivity index (χ1v) is 7.69. The highest BCUT2D eigenvalue weighted by Gasteiger charge is 2.10. The Kier molecular flexibility index (Phi) is 4.91. The van der Waals surface area contributed by atoms with Gasteiger partial charge in [0.2, 0.25) is 0 Å². The van der Waals surface area contributed by atoms with Crippen molar-refractivity contribution in [3.05, 3.63) is 36.2 Å². The van der Waals surface area contributed by atoms with E-state index >= 15 is 0 Å². The Labute approximate surface area is 125 Å². The monoisotopic (exact) mass is 286 g/mol. The maximum absolute atomic E-state index is 4.10. The van der Waals surface area contributed by atoms with Crippen LogP contribution in [0.4, 0.5) is 0 Å². The Morgan fingerprint density at radius 3 is 2.67 bits per heavy atom. The van der Waals surface area contributed by atoms with Crippen LogP contribution in [0.1, 0.15) is 25.1 Å². The van der Waals surface area contributed by atoms with Crippen LogP contribution in [0.15, 0.2) is 30.3 Å². The first kappa shape index (κ1) is 14.2. The van der Waals surface area contributed by atoms with Crippen LogP contribution in [0, 0.1) is 0 Å². The molecule has 2 heterocycles. The van der Waals surface area contributed by atoms with Gasteiger partial charge in [-0.25, -0.2) is 0 Å². The quantitative estimate of drug-likeness (QED) is 0.810. The van der Waals surface area contributed by atoms with Crippen LogP contribution in [0.5, 0.6) is 0 Å². The zero-order valence-corrected chi connectivity index (χ0v) is 12.3. The number of hydrogen-bond donors (Lipinski definition) is 1. The van der Waals surface area contributed by atoms with Gasteiger partial charge in [-0.3, -0.25) is 0 Å². The third-order valence-electron chi connectivity index (χ3n) is 3.87. The van der Waals surface area contributed by atoms with Crippen LogP contribution in [0.25, 0.3) is 5.69 Å². The van der Waals surface area contributed by atoms with Crippen LogP contribution in [-0.2, 0) is 6.54 Å². The highest BCUT2D eigenvalue weighted by atomic mass is 15.5. The molecule has 0 bridgehead atoms. The largest absolute Gasteiger partial charge is 0.308 e. The Morgan fingerprint density at radius 2 is 1.86 bits per heavy atom. The van der Waals surface area contributed by atoms with Gasteiger partial charge in [0.05, 0.1) is 12.2 Å². The molecule has 1 aromatic heterocycles. The molecule has 0 amide bonds. The lowest BCUT2D eigenvalue weighted by Crippen LogP contribution is -2.35. The van der Waals surface area contributed by atoms with E-state index in [-0.39, 0.29) is 0 Å². The van der Waals surface area contributed by atoms with Crippen LogP contribution in [0.2, 0.25) is 0 Å². The van der Waals surface area contributed by atoms with Crippen molar-refractivity contribution in [1.29, 1.82) is 0 Å². The van der Waals surface area contributed by atoms with Gasteiger partial charge in [0, 0.05) is 13.1 Å². The van der Waals surface area contributed by atoms with Gasteiger partial charge in [-0.05, 0) is 48.5 Å². The predicted octanol–water partition coefficient (Wildman–Crippen LogP) is 1.24. The molecular formula is C15H22N6. The van der Waals surface area contributed by atoms with Gasteiger partial charge >= 0.3 is 0 Å². The second kappa shape index (κ2) is 7.28. The van der Waals surface area contributed by atoms with Gasteiger partial charge in [0.15, 0.2) is 5.82 Å². The summed E-state index contributed by atoms with van der Waals surface area (Å²) in [4.78, 5) is 2.52. The van der Waals surface area contributed by atoms with Crippen molar-refractivity contribution in [2.75, 3.05) is 26.2 Å². The highest BCUT2D eigenvalue weighted by molar-refractivity contribution is 5.30. The lowest BCUT2D eigenvalue weighted by Gasteiger charge is -2.26. The summed E-state index contributed by atoms with van der Waals surface area (Å²) >= 11 is 0. The minimum absolute atomic E-state index is 0.690. The zero-order valence-electron chi connectivity index (χ0n) is 12.3. The molecule has 1 saturated heterocycles. The molecule has 1 N–H and O–H groups in total. The average molecular weight is 286 g/mol. The van der Waals surface area contributed by atoms with E-state index in [1.165, 1.54) is 32.4 Å². The molecule has 0 saturated carbocycles. The molecule has 21 heavy (non-hydrogen) atoms. The maximum Gasteiger partial charge on any atom is 0.170 e. The molecular weight excluding hydrogens is 264 g/mol. The van der Waals surface area contributed by atoms with Crippen molar-refractivity contribution < 1.29 is 0 Å². The molecule has 6 nitrogen and oxygen atoms in total. The summed E-state index contributed by atoms with van der Waals surface area (Å²) in [5.74, 6) is 0.847. The molecule has 112 valence electrons. The first-order chi connectivity index (χ1) is 10.4. The predicted molar refractivity (Wildman–Crippen MR) is 81.2 cm³/mol. The van der Waals surface area contributed by atoms with Crippen molar-refractivity contribution in [1.82, 2.24) is 30.4 Å². The van der Waals surface area contributed by atoms with Crippen LogP contribution in [-0.4, -0.2) is 51.3 Å². The third kappa shape index (κ3) is 3.86. The van der Waals surface area contributed by atoms with E-state index in [2.05, 4.69) is 25.7 Å². The third-order valence-corrected chi connectivity index (χ3v) is 3.87. The van der Waals surface area contributed by atoms with E-state index in [4.69, 9.17) is 0 Å². The summed E-state index contributed by atoms with van der Waals surface area (Å²) in [6.07, 6.45) is 4.06. The zero-order chi connectivity index (χ0) is 14.3. The number of tetrazole rings is 1. The fraction of sp³-hybridized carbons (Fsp3) is 0.533. The fourth-order valence-corrected chi connectivity index (χ4v) is 2.71. The lowest BCUT2D eigenvalue weighted by molar-refractivity contribution is 0.228. The number of rotatable bonds is 6. The van der Waals surface area contributed by atoms with Crippen LogP contribution >= 0.6 is 0 Å². The smallest absolute Gasteiger partial charge is 0.170 e. The van der Waals surface area contributed by atoms with Crippen molar-refractivity contribution in [3.63, 3.8) is 0 Å². The van der Waals surface area contributed by atoms with Gasteiger partial charge in [-0.2, -0.15) is 4.68 Å². The van der Waals surface area contributed by atoms with Gasteiger partial charge in [-0.1, -0.05) is 24.6 Å². The van der Waals surface area contributed by atoms with Crippen molar-refractivity contribution in [3.8, 4) is 5.69 Å². The summed E-state index contributed by atoms with van der Waals surface area (Å²) in [6, 6.07) is 9.99. The van der Waals surface area contributed by atoms with Gasteiger partial charge in [-0.15, -0.1) is 5.10 Å². The molecule has 0 spiro atoms. The lowest BCUT2D eigenvalue weighted by atomic mass is 10.1. The normalized spacial score (nSPS) is 16.2. The molecule has 1 aliphatic heterocycles. The molecule has 2 aromatic rings. The molecule has 6 heteroatoms. The number of benzene rings is 1. The minimum atomic E-state index is 0.690. The van der Waals surface area contributed by atoms with Crippen molar-refractivity contribution in [2.24, 2.45) is 0 Å². The second-order valence-corrected chi connectivity index (χ2v) is 5.42. The average Bonchev–Trinajstić information content (AvgIpc) is 3.02. The Morgan fingerprint density at radius 1 is 1.05 bits per heavy atom. The number of aromatic nitrogens is 4. The van der Waals surface area contributed by atoms with Gasteiger partial charge in [0.25, 0.3) is 0 Å². The van der Waals surface area contributed by atoms with E-state index < -0.39 is 0 Å². The molecule has 1 aliphatic rings. The van der Waals surface area contributed by atoms with Gasteiger partial charge in [0.1, 0.15) is 0 Å². The SMILES string of the molecule is c1ccc(-n2nnnc2CNCCN2CCCCC2)cc1. The number of hydrogen-bond acceptors (Lipinski definition) is 5. The van der Waals surface area contributed by atoms with Crippen LogP contribution < -0.4 is 5.32 Å². The minimum Gasteiger partial charge on any atom is -0.308 e. The molecule has 1 aromatic carbocycles. The molecule has 0 unspecified atom stereocenters. The Balaban J connectivity index is 1.49. The Hall–Kier alpha value is -1.79. The summed E-state index contributed by atoms with van der Waals surface area (Å²) in [7, 11) is 0. The summed E-state index contributed by atoms with van der Waals surface area (Å²) in [5, 5.41) is 15.4. The topological polar surface area (TPSA) is 58.9 Å². The molecule has 3 rings (SSSR count). The molecule has 0 radical (unpaired) electrons. The number of para-hydroxylation sites is 1. The van der Waals surface area contributed by atoms with Crippen molar-refractivity contribution in [2.45, 2.75) is 25.8 Å². The molecule has 1 fully saturated rings. The number of likely N-dealkylation sites (tertiary alicyclic amines) is 1. The standard InChI is InChI=1S/C15H22N6/c1-3-7-14(8-4-1)21-15(17-18-19-21)13-16-9-12-20-10-5-2-6-11-20/h1,3-4,7-8,16H,2,5-6,9-13H2. The summed E-state index contributed by atoms with van der Waals surface area (Å²) < 4.78 is 1.79. The second-order valence-electron chi connectivity index (χ2n) is 5.42. The van der Waals surface area contributed by atoms with E-state index in [1.54, 1.807) is 4.68 Å². The number of nitrogens with zero attached hydrogens (tertiary/aromatic N) is 5.